The lowest BCUT2D eigenvalue weighted by molar-refractivity contribution is -0.136. The number of hydrogen-bond donors (Lipinski definition) is 1. The summed E-state index contributed by atoms with van der Waals surface area (Å²) in [5, 5.41) is 2.76. The lowest BCUT2D eigenvalue weighted by atomic mass is 10.2. The third-order valence-electron chi connectivity index (χ3n) is 3.81. The maximum Gasteiger partial charge on any atom is 0.405 e. The number of amides is 1. The molecule has 1 amide bonds. The van der Waals surface area contributed by atoms with Crippen LogP contribution in [-0.4, -0.2) is 33.9 Å². The molecule has 1 N–H and O–H groups in total. The number of hydrogen-bond acceptors (Lipinski definition) is 5. The quantitative estimate of drug-likeness (QED) is 0.562. The van der Waals surface area contributed by atoms with E-state index < -0.39 is 18.6 Å². The first kappa shape index (κ1) is 20.8. The predicted molar refractivity (Wildman–Crippen MR) is 98.1 cm³/mol. The molecule has 0 unspecified atom stereocenters. The average molecular weight is 407 g/mol. The predicted octanol–water partition coefficient (Wildman–Crippen LogP) is 3.65. The van der Waals surface area contributed by atoms with Gasteiger partial charge in [0.15, 0.2) is 5.16 Å². The van der Waals surface area contributed by atoms with Gasteiger partial charge in [0.1, 0.15) is 11.4 Å². The molecule has 0 saturated heterocycles. The van der Waals surface area contributed by atoms with Crippen LogP contribution in [0.2, 0.25) is 0 Å². The molecule has 0 aliphatic rings. The van der Waals surface area contributed by atoms with Gasteiger partial charge < -0.3 is 5.32 Å². The normalized spacial score (nSPS) is 11.9. The Morgan fingerprint density at radius 1 is 1.35 bits per heavy atom. The van der Waals surface area contributed by atoms with Crippen LogP contribution in [0.15, 0.2) is 9.95 Å². The maximum absolute atomic E-state index is 12.9. The number of alkyl halides is 3. The van der Waals surface area contributed by atoms with Crippen LogP contribution >= 0.6 is 23.1 Å². The molecule has 2 aromatic heterocycles. The fraction of sp³-hybridized carbons (Fsp3) is 0.562. The van der Waals surface area contributed by atoms with E-state index in [2.05, 4.69) is 4.98 Å². The van der Waals surface area contributed by atoms with E-state index in [1.165, 1.54) is 15.9 Å². The highest BCUT2D eigenvalue weighted by Crippen LogP contribution is 2.28. The van der Waals surface area contributed by atoms with E-state index in [1.54, 1.807) is 0 Å². The number of nitrogens with one attached hydrogen (secondary N) is 1. The van der Waals surface area contributed by atoms with Crippen molar-refractivity contribution < 1.29 is 18.0 Å². The van der Waals surface area contributed by atoms with Crippen molar-refractivity contribution in [3.63, 3.8) is 0 Å². The van der Waals surface area contributed by atoms with Crippen LogP contribution in [0.4, 0.5) is 13.2 Å². The van der Waals surface area contributed by atoms with Crippen molar-refractivity contribution >= 4 is 39.2 Å². The standard InChI is InChI=1S/C16H20F3N3O2S2/c1-4-5-6-22-14(24)12-9(2)10(3)26-13(12)21-15(22)25-7-11(23)20-8-16(17,18)19/h4-8H2,1-3H3,(H,20,23). The third-order valence-corrected chi connectivity index (χ3v) is 5.89. The van der Waals surface area contributed by atoms with Crippen molar-refractivity contribution in [3.8, 4) is 0 Å². The summed E-state index contributed by atoms with van der Waals surface area (Å²) < 4.78 is 38.0. The van der Waals surface area contributed by atoms with Gasteiger partial charge in [-0.1, -0.05) is 25.1 Å². The van der Waals surface area contributed by atoms with Crippen LogP contribution in [0.3, 0.4) is 0 Å². The number of fused-ring (bicyclic) bond motifs is 1. The number of carbonyl (C=O) groups is 1. The van der Waals surface area contributed by atoms with E-state index in [0.717, 1.165) is 35.0 Å². The molecule has 2 rings (SSSR count). The molecule has 0 spiro atoms. The van der Waals surface area contributed by atoms with Crippen LogP contribution in [0, 0.1) is 13.8 Å². The molecule has 0 radical (unpaired) electrons. The minimum absolute atomic E-state index is 0.163. The third kappa shape index (κ3) is 5.00. The van der Waals surface area contributed by atoms with Crippen molar-refractivity contribution in [2.45, 2.75) is 51.5 Å². The molecule has 0 aromatic carbocycles. The highest BCUT2D eigenvalue weighted by atomic mass is 32.2. The second kappa shape index (κ2) is 8.43. The largest absolute Gasteiger partial charge is 0.405 e. The minimum Gasteiger partial charge on any atom is -0.346 e. The van der Waals surface area contributed by atoms with E-state index in [-0.39, 0.29) is 11.3 Å². The van der Waals surface area contributed by atoms with Gasteiger partial charge in [-0.05, 0) is 25.8 Å². The van der Waals surface area contributed by atoms with Gasteiger partial charge in [-0.3, -0.25) is 14.2 Å². The SMILES string of the molecule is CCCCn1c(SCC(=O)NCC(F)(F)F)nc2sc(C)c(C)c2c1=O. The number of nitrogens with zero attached hydrogens (tertiary/aromatic N) is 2. The number of aryl methyl sites for hydroxylation is 2. The minimum atomic E-state index is -4.45. The first-order valence-corrected chi connectivity index (χ1v) is 9.91. The number of halogens is 3. The molecule has 0 aliphatic heterocycles. The van der Waals surface area contributed by atoms with Gasteiger partial charge in [-0.2, -0.15) is 13.2 Å². The Morgan fingerprint density at radius 3 is 2.65 bits per heavy atom. The zero-order valence-corrected chi connectivity index (χ0v) is 16.3. The van der Waals surface area contributed by atoms with E-state index in [4.69, 9.17) is 0 Å². The Bertz CT molecular complexity index is 859. The highest BCUT2D eigenvalue weighted by Gasteiger charge is 2.27. The maximum atomic E-state index is 12.9. The van der Waals surface area contributed by atoms with E-state index in [9.17, 15) is 22.8 Å². The number of rotatable bonds is 7. The summed E-state index contributed by atoms with van der Waals surface area (Å²) in [6.07, 6.45) is -2.81. The molecule has 0 bridgehead atoms. The zero-order chi connectivity index (χ0) is 19.5. The fourth-order valence-corrected chi connectivity index (χ4v) is 4.24. The number of thioether (sulfide) groups is 1. The number of thiophene rings is 1. The van der Waals surface area contributed by atoms with Crippen LogP contribution in [0.1, 0.15) is 30.2 Å². The molecule has 2 aromatic rings. The number of carbonyl (C=O) groups excluding carboxylic acids is 1. The van der Waals surface area contributed by atoms with E-state index >= 15 is 0 Å². The van der Waals surface area contributed by atoms with Gasteiger partial charge in [-0.25, -0.2) is 4.98 Å². The van der Waals surface area contributed by atoms with Gasteiger partial charge in [0, 0.05) is 11.4 Å². The lowest BCUT2D eigenvalue weighted by Crippen LogP contribution is -2.35. The molecule has 2 heterocycles. The summed E-state index contributed by atoms with van der Waals surface area (Å²) >= 11 is 2.38. The van der Waals surface area contributed by atoms with Crippen LogP contribution in [-0.2, 0) is 11.3 Å². The first-order valence-electron chi connectivity index (χ1n) is 8.10. The molecule has 0 aliphatic carbocycles. The van der Waals surface area contributed by atoms with Crippen molar-refractivity contribution in [2.75, 3.05) is 12.3 Å². The van der Waals surface area contributed by atoms with Gasteiger partial charge in [0.2, 0.25) is 5.91 Å². The van der Waals surface area contributed by atoms with Gasteiger partial charge >= 0.3 is 6.18 Å². The molecule has 144 valence electrons. The van der Waals surface area contributed by atoms with Gasteiger partial charge in [-0.15, -0.1) is 11.3 Å². The highest BCUT2D eigenvalue weighted by molar-refractivity contribution is 7.99. The van der Waals surface area contributed by atoms with Crippen LogP contribution in [0.25, 0.3) is 10.2 Å². The van der Waals surface area contributed by atoms with Crippen LogP contribution < -0.4 is 10.9 Å². The summed E-state index contributed by atoms with van der Waals surface area (Å²) in [7, 11) is 0. The second-order valence-corrected chi connectivity index (χ2v) is 7.99. The molecule has 5 nitrogen and oxygen atoms in total. The topological polar surface area (TPSA) is 64.0 Å². The Kier molecular flexibility index (Phi) is 6.73. The van der Waals surface area contributed by atoms with Crippen molar-refractivity contribution in [2.24, 2.45) is 0 Å². The summed E-state index contributed by atoms with van der Waals surface area (Å²) in [5.74, 6) is -0.981. The molecular weight excluding hydrogens is 387 g/mol. The number of aromatic nitrogens is 2. The summed E-state index contributed by atoms with van der Waals surface area (Å²) in [4.78, 5) is 30.6. The summed E-state index contributed by atoms with van der Waals surface area (Å²) in [6, 6.07) is 0. The van der Waals surface area contributed by atoms with E-state index in [0.29, 0.717) is 21.9 Å². The fourth-order valence-electron chi connectivity index (χ4n) is 2.31. The lowest BCUT2D eigenvalue weighted by Gasteiger charge is -2.12. The Morgan fingerprint density at radius 2 is 2.04 bits per heavy atom. The molecule has 0 fully saturated rings. The summed E-state index contributed by atoms with van der Waals surface area (Å²) in [6.45, 7) is 4.87. The first-order chi connectivity index (χ1) is 12.1. The summed E-state index contributed by atoms with van der Waals surface area (Å²) in [5.41, 5.74) is 0.732. The molecule has 0 atom stereocenters. The van der Waals surface area contributed by atoms with Crippen molar-refractivity contribution in [1.82, 2.24) is 14.9 Å². The van der Waals surface area contributed by atoms with Gasteiger partial charge in [0.05, 0.1) is 11.1 Å². The molecule has 10 heteroatoms. The number of unbranched alkanes of at least 4 members (excludes halogenated alkanes) is 1. The molecule has 26 heavy (non-hydrogen) atoms. The van der Waals surface area contributed by atoms with Crippen molar-refractivity contribution in [1.29, 1.82) is 0 Å². The Hall–Kier alpha value is -1.55. The monoisotopic (exact) mass is 407 g/mol. The Balaban J connectivity index is 2.27. The zero-order valence-electron chi connectivity index (χ0n) is 14.7. The van der Waals surface area contributed by atoms with E-state index in [1.807, 2.05) is 26.1 Å². The second-order valence-electron chi connectivity index (χ2n) is 5.85. The average Bonchev–Trinajstić information content (AvgIpc) is 2.84. The smallest absolute Gasteiger partial charge is 0.346 e. The molecular formula is C16H20F3N3O2S2. The van der Waals surface area contributed by atoms with Crippen molar-refractivity contribution in [3.05, 3.63) is 20.8 Å². The molecule has 0 saturated carbocycles. The van der Waals surface area contributed by atoms with Gasteiger partial charge in [0.25, 0.3) is 5.56 Å². The van der Waals surface area contributed by atoms with Crippen LogP contribution in [0.5, 0.6) is 0 Å². The Labute approximate surface area is 157 Å².